The summed E-state index contributed by atoms with van der Waals surface area (Å²) in [6.07, 6.45) is -2.78. The summed E-state index contributed by atoms with van der Waals surface area (Å²) < 4.78 is 37.9. The highest BCUT2D eigenvalue weighted by Crippen LogP contribution is 2.29. The van der Waals surface area contributed by atoms with Gasteiger partial charge in [0.05, 0.1) is 5.56 Å². The maximum Gasteiger partial charge on any atom is 0.416 e. The second-order valence-electron chi connectivity index (χ2n) is 4.93. The second-order valence-corrected chi connectivity index (χ2v) is 4.93. The number of nitrogens with zero attached hydrogens (tertiary/aromatic N) is 1. The van der Waals surface area contributed by atoms with Crippen LogP contribution in [0.15, 0.2) is 24.3 Å². The van der Waals surface area contributed by atoms with E-state index in [9.17, 15) is 18.0 Å². The Kier molecular flexibility index (Phi) is 6.04. The van der Waals surface area contributed by atoms with E-state index in [1.807, 2.05) is 7.05 Å². The van der Waals surface area contributed by atoms with Gasteiger partial charge in [0.2, 0.25) is 0 Å². The molecular formula is C14H18ClF3N2O. The average molecular weight is 323 g/mol. The largest absolute Gasteiger partial charge is 0.416 e. The highest BCUT2D eigenvalue weighted by molar-refractivity contribution is 5.94. The SMILES string of the molecule is CNC1CCN(C(=O)c2cccc(C(F)(F)F)c2)CC1.Cl. The third-order valence-corrected chi connectivity index (χ3v) is 3.63. The summed E-state index contributed by atoms with van der Waals surface area (Å²) in [7, 11) is 1.87. The summed E-state index contributed by atoms with van der Waals surface area (Å²) >= 11 is 0. The predicted octanol–water partition coefficient (Wildman–Crippen LogP) is 2.95. The molecule has 1 aromatic carbocycles. The van der Waals surface area contributed by atoms with Gasteiger partial charge in [0.1, 0.15) is 0 Å². The molecule has 0 unspecified atom stereocenters. The van der Waals surface area contributed by atoms with Crippen molar-refractivity contribution < 1.29 is 18.0 Å². The Labute approximate surface area is 127 Å². The Hall–Kier alpha value is -1.27. The minimum atomic E-state index is -4.42. The number of likely N-dealkylation sites (tertiary alicyclic amines) is 1. The summed E-state index contributed by atoms with van der Waals surface area (Å²) in [5, 5.41) is 3.15. The zero-order valence-corrected chi connectivity index (χ0v) is 12.4. The van der Waals surface area contributed by atoms with Gasteiger partial charge in [-0.2, -0.15) is 13.2 Å². The van der Waals surface area contributed by atoms with Gasteiger partial charge in [-0.1, -0.05) is 6.07 Å². The molecule has 0 radical (unpaired) electrons. The van der Waals surface area contributed by atoms with Crippen molar-refractivity contribution in [1.29, 1.82) is 0 Å². The normalized spacial score (nSPS) is 16.5. The average Bonchev–Trinajstić information content (AvgIpc) is 2.46. The van der Waals surface area contributed by atoms with Crippen molar-refractivity contribution in [1.82, 2.24) is 10.2 Å². The van der Waals surface area contributed by atoms with E-state index in [0.717, 1.165) is 25.0 Å². The number of rotatable bonds is 2. The van der Waals surface area contributed by atoms with Crippen LogP contribution in [-0.2, 0) is 6.18 Å². The van der Waals surface area contributed by atoms with Gasteiger partial charge < -0.3 is 10.2 Å². The summed E-state index contributed by atoms with van der Waals surface area (Å²) in [6.45, 7) is 1.14. The molecule has 7 heteroatoms. The zero-order valence-electron chi connectivity index (χ0n) is 11.6. The van der Waals surface area contributed by atoms with Crippen LogP contribution >= 0.6 is 12.4 Å². The van der Waals surface area contributed by atoms with Crippen LogP contribution in [-0.4, -0.2) is 37.0 Å². The van der Waals surface area contributed by atoms with Gasteiger partial charge in [-0.05, 0) is 38.1 Å². The fourth-order valence-electron chi connectivity index (χ4n) is 2.38. The monoisotopic (exact) mass is 322 g/mol. The molecule has 1 aromatic rings. The number of alkyl halides is 3. The van der Waals surface area contributed by atoms with Crippen LogP contribution in [0.2, 0.25) is 0 Å². The van der Waals surface area contributed by atoms with Crippen molar-refractivity contribution in [3.63, 3.8) is 0 Å². The summed E-state index contributed by atoms with van der Waals surface area (Å²) in [6, 6.07) is 4.98. The fraction of sp³-hybridized carbons (Fsp3) is 0.500. The number of carbonyl (C=O) groups is 1. The second kappa shape index (κ2) is 7.13. The summed E-state index contributed by atoms with van der Waals surface area (Å²) in [5.41, 5.74) is -0.684. The number of halogens is 4. The minimum absolute atomic E-state index is 0. The van der Waals surface area contributed by atoms with E-state index in [-0.39, 0.29) is 23.9 Å². The van der Waals surface area contributed by atoms with Crippen molar-refractivity contribution in [3.8, 4) is 0 Å². The van der Waals surface area contributed by atoms with Gasteiger partial charge in [-0.15, -0.1) is 12.4 Å². The van der Waals surface area contributed by atoms with E-state index in [1.54, 1.807) is 4.90 Å². The van der Waals surface area contributed by atoms with Crippen molar-refractivity contribution in [2.24, 2.45) is 0 Å². The Morgan fingerprint density at radius 1 is 1.29 bits per heavy atom. The highest BCUT2D eigenvalue weighted by atomic mass is 35.5. The van der Waals surface area contributed by atoms with E-state index in [0.29, 0.717) is 19.1 Å². The molecule has 0 aliphatic carbocycles. The van der Waals surface area contributed by atoms with Crippen LogP contribution in [0, 0.1) is 0 Å². The predicted molar refractivity (Wildman–Crippen MR) is 76.7 cm³/mol. The molecule has 3 nitrogen and oxygen atoms in total. The molecule has 0 saturated carbocycles. The van der Waals surface area contributed by atoms with Gasteiger partial charge in [0.15, 0.2) is 0 Å². The van der Waals surface area contributed by atoms with Crippen LogP contribution < -0.4 is 5.32 Å². The number of carbonyl (C=O) groups excluding carboxylic acids is 1. The topological polar surface area (TPSA) is 32.3 Å². The Balaban J connectivity index is 0.00000220. The van der Waals surface area contributed by atoms with E-state index in [2.05, 4.69) is 5.32 Å². The molecule has 1 aliphatic heterocycles. The Morgan fingerprint density at radius 2 is 1.90 bits per heavy atom. The van der Waals surface area contributed by atoms with E-state index >= 15 is 0 Å². The van der Waals surface area contributed by atoms with Crippen molar-refractivity contribution >= 4 is 18.3 Å². The molecule has 2 rings (SSSR count). The molecule has 118 valence electrons. The van der Waals surface area contributed by atoms with Crippen molar-refractivity contribution in [3.05, 3.63) is 35.4 Å². The highest BCUT2D eigenvalue weighted by Gasteiger charge is 2.31. The summed E-state index contributed by atoms with van der Waals surface area (Å²) in [4.78, 5) is 13.8. The molecule has 1 saturated heterocycles. The van der Waals surface area contributed by atoms with E-state index < -0.39 is 11.7 Å². The number of nitrogens with one attached hydrogen (secondary N) is 1. The number of piperidine rings is 1. The van der Waals surface area contributed by atoms with Crippen LogP contribution in [0.3, 0.4) is 0 Å². The molecular weight excluding hydrogens is 305 g/mol. The minimum Gasteiger partial charge on any atom is -0.339 e. The third-order valence-electron chi connectivity index (χ3n) is 3.63. The maximum atomic E-state index is 12.6. The van der Waals surface area contributed by atoms with Crippen LogP contribution in [0.4, 0.5) is 13.2 Å². The van der Waals surface area contributed by atoms with Gasteiger partial charge in [0.25, 0.3) is 5.91 Å². The van der Waals surface area contributed by atoms with E-state index in [1.165, 1.54) is 12.1 Å². The Bertz CT molecular complexity index is 485. The van der Waals surface area contributed by atoms with Gasteiger partial charge >= 0.3 is 6.18 Å². The molecule has 1 fully saturated rings. The lowest BCUT2D eigenvalue weighted by molar-refractivity contribution is -0.137. The van der Waals surface area contributed by atoms with Crippen LogP contribution in [0.25, 0.3) is 0 Å². The van der Waals surface area contributed by atoms with Gasteiger partial charge in [0, 0.05) is 24.7 Å². The standard InChI is InChI=1S/C14H17F3N2O.ClH/c1-18-12-5-7-19(8-6-12)13(20)10-3-2-4-11(9-10)14(15,16)17;/h2-4,9,12,18H,5-8H2,1H3;1H. The molecule has 0 bridgehead atoms. The van der Waals surface area contributed by atoms with Gasteiger partial charge in [-0.3, -0.25) is 4.79 Å². The third kappa shape index (κ3) is 4.35. The number of hydrogen-bond donors (Lipinski definition) is 1. The lowest BCUT2D eigenvalue weighted by Gasteiger charge is -2.32. The van der Waals surface area contributed by atoms with Crippen molar-refractivity contribution in [2.75, 3.05) is 20.1 Å². The molecule has 1 aliphatic rings. The number of hydrogen-bond acceptors (Lipinski definition) is 2. The maximum absolute atomic E-state index is 12.6. The molecule has 1 heterocycles. The molecule has 1 amide bonds. The quantitative estimate of drug-likeness (QED) is 0.908. The molecule has 0 atom stereocenters. The Morgan fingerprint density at radius 3 is 2.43 bits per heavy atom. The van der Waals surface area contributed by atoms with Crippen molar-refractivity contribution in [2.45, 2.75) is 25.1 Å². The molecule has 0 spiro atoms. The van der Waals surface area contributed by atoms with E-state index in [4.69, 9.17) is 0 Å². The van der Waals surface area contributed by atoms with Gasteiger partial charge in [-0.25, -0.2) is 0 Å². The zero-order chi connectivity index (χ0) is 14.8. The molecule has 1 N–H and O–H groups in total. The fourth-order valence-corrected chi connectivity index (χ4v) is 2.38. The van der Waals surface area contributed by atoms with Crippen LogP contribution in [0.5, 0.6) is 0 Å². The lowest BCUT2D eigenvalue weighted by atomic mass is 10.0. The smallest absolute Gasteiger partial charge is 0.339 e. The first-order valence-electron chi connectivity index (χ1n) is 6.55. The molecule has 21 heavy (non-hydrogen) atoms. The molecule has 0 aromatic heterocycles. The lowest BCUT2D eigenvalue weighted by Crippen LogP contribution is -2.44. The first-order chi connectivity index (χ1) is 9.41. The summed E-state index contributed by atoms with van der Waals surface area (Å²) in [5.74, 6) is -0.328. The number of amides is 1. The first-order valence-corrected chi connectivity index (χ1v) is 6.55. The van der Waals surface area contributed by atoms with Crippen LogP contribution in [0.1, 0.15) is 28.8 Å². The number of benzene rings is 1. The first kappa shape index (κ1) is 17.8.